The van der Waals surface area contributed by atoms with Gasteiger partial charge in [-0.3, -0.25) is 9.59 Å². The highest BCUT2D eigenvalue weighted by Gasteiger charge is 2.31. The molecular formula is C18H16ClN3O3S. The Morgan fingerprint density at radius 2 is 2.12 bits per heavy atom. The monoisotopic (exact) mass is 389 g/mol. The molecule has 1 heterocycles. The molecule has 1 aliphatic carbocycles. The third-order valence-electron chi connectivity index (χ3n) is 4.45. The Bertz CT molecular complexity index is 890. The zero-order chi connectivity index (χ0) is 18.7. The summed E-state index contributed by atoms with van der Waals surface area (Å²) in [6, 6.07) is 9.10. The summed E-state index contributed by atoms with van der Waals surface area (Å²) in [5, 5.41) is 22.1. The Morgan fingerprint density at radius 1 is 1.35 bits per heavy atom. The molecule has 0 saturated heterocycles. The van der Waals surface area contributed by atoms with E-state index in [2.05, 4.69) is 16.4 Å². The average molecular weight is 390 g/mol. The van der Waals surface area contributed by atoms with Gasteiger partial charge < -0.3 is 10.4 Å². The van der Waals surface area contributed by atoms with E-state index >= 15 is 0 Å². The number of nitrogens with one attached hydrogen (secondary N) is 1. The van der Waals surface area contributed by atoms with E-state index in [-0.39, 0.29) is 11.8 Å². The number of carbonyl (C=O) groups excluding carboxylic acids is 1. The van der Waals surface area contributed by atoms with E-state index in [9.17, 15) is 14.9 Å². The number of amides is 1. The van der Waals surface area contributed by atoms with Crippen LogP contribution < -0.4 is 5.32 Å². The lowest BCUT2D eigenvalue weighted by molar-refractivity contribution is -0.143. The van der Waals surface area contributed by atoms with E-state index in [1.165, 1.54) is 0 Å². The molecule has 1 amide bonds. The Balaban J connectivity index is 1.77. The number of rotatable bonds is 4. The number of aromatic nitrogens is 1. The van der Waals surface area contributed by atoms with Crippen LogP contribution in [0.1, 0.15) is 30.6 Å². The molecule has 8 heteroatoms. The second-order valence-corrected chi connectivity index (χ2v) is 7.64. The Morgan fingerprint density at radius 3 is 2.81 bits per heavy atom. The van der Waals surface area contributed by atoms with Crippen LogP contribution in [0.2, 0.25) is 5.02 Å². The maximum absolute atomic E-state index is 12.5. The van der Waals surface area contributed by atoms with E-state index in [1.807, 2.05) is 0 Å². The zero-order valence-corrected chi connectivity index (χ0v) is 15.3. The number of carbonyl (C=O) groups is 2. The molecule has 6 nitrogen and oxygen atoms in total. The fourth-order valence-corrected chi connectivity index (χ4v) is 4.12. The van der Waals surface area contributed by atoms with Crippen molar-refractivity contribution in [3.8, 4) is 17.3 Å². The van der Waals surface area contributed by atoms with Crippen LogP contribution in [0.4, 0.5) is 5.13 Å². The van der Waals surface area contributed by atoms with Crippen LogP contribution >= 0.6 is 22.9 Å². The summed E-state index contributed by atoms with van der Waals surface area (Å²) in [6.45, 7) is 0. The van der Waals surface area contributed by atoms with Crippen LogP contribution in [0.15, 0.2) is 24.3 Å². The van der Waals surface area contributed by atoms with Crippen molar-refractivity contribution in [2.24, 2.45) is 11.8 Å². The lowest BCUT2D eigenvalue weighted by Crippen LogP contribution is -2.30. The van der Waals surface area contributed by atoms with Crippen LogP contribution in [0.25, 0.3) is 11.3 Å². The van der Waals surface area contributed by atoms with Crippen LogP contribution in [-0.4, -0.2) is 22.0 Å². The van der Waals surface area contributed by atoms with E-state index in [0.29, 0.717) is 52.0 Å². The number of hydrogen-bond donors (Lipinski definition) is 2. The molecule has 0 spiro atoms. The highest BCUT2D eigenvalue weighted by Crippen LogP contribution is 2.34. The Labute approximate surface area is 159 Å². The molecule has 1 aromatic heterocycles. The first kappa shape index (κ1) is 18.4. The normalized spacial score (nSPS) is 19.5. The second-order valence-electron chi connectivity index (χ2n) is 6.21. The molecule has 1 aliphatic rings. The van der Waals surface area contributed by atoms with Crippen molar-refractivity contribution in [1.29, 1.82) is 5.26 Å². The minimum Gasteiger partial charge on any atom is -0.481 e. The van der Waals surface area contributed by atoms with Gasteiger partial charge in [0.25, 0.3) is 0 Å². The molecule has 26 heavy (non-hydrogen) atoms. The zero-order valence-electron chi connectivity index (χ0n) is 13.7. The molecular weight excluding hydrogens is 374 g/mol. The van der Waals surface area contributed by atoms with Crippen molar-refractivity contribution >= 4 is 39.9 Å². The molecule has 0 unspecified atom stereocenters. The van der Waals surface area contributed by atoms with Crippen LogP contribution in [0.5, 0.6) is 0 Å². The van der Waals surface area contributed by atoms with E-state index in [4.69, 9.17) is 16.7 Å². The summed E-state index contributed by atoms with van der Waals surface area (Å²) in [4.78, 5) is 28.4. The van der Waals surface area contributed by atoms with Crippen LogP contribution in [-0.2, 0) is 9.59 Å². The van der Waals surface area contributed by atoms with Crippen molar-refractivity contribution in [2.75, 3.05) is 5.32 Å². The number of aliphatic carboxylic acids is 1. The van der Waals surface area contributed by atoms with E-state index in [0.717, 1.165) is 11.3 Å². The Kier molecular flexibility index (Phi) is 5.55. The average Bonchev–Trinajstić information content (AvgIpc) is 3.04. The van der Waals surface area contributed by atoms with E-state index in [1.54, 1.807) is 24.3 Å². The summed E-state index contributed by atoms with van der Waals surface area (Å²) in [5.74, 6) is -1.93. The summed E-state index contributed by atoms with van der Waals surface area (Å²) >= 11 is 7.09. The maximum Gasteiger partial charge on any atom is 0.306 e. The molecule has 2 aromatic rings. The van der Waals surface area contributed by atoms with Crippen molar-refractivity contribution in [3.05, 3.63) is 34.2 Å². The molecule has 2 N–H and O–H groups in total. The lowest BCUT2D eigenvalue weighted by atomic mass is 9.81. The summed E-state index contributed by atoms with van der Waals surface area (Å²) < 4.78 is 0. The van der Waals surface area contributed by atoms with Crippen LogP contribution in [0, 0.1) is 23.2 Å². The quantitative estimate of drug-likeness (QED) is 0.816. The highest BCUT2D eigenvalue weighted by molar-refractivity contribution is 7.16. The first-order valence-electron chi connectivity index (χ1n) is 8.18. The third kappa shape index (κ3) is 4.03. The summed E-state index contributed by atoms with van der Waals surface area (Å²) in [7, 11) is 0. The minimum absolute atomic E-state index is 0.244. The van der Waals surface area contributed by atoms with Crippen molar-refractivity contribution < 1.29 is 14.7 Å². The van der Waals surface area contributed by atoms with Crippen molar-refractivity contribution in [3.63, 3.8) is 0 Å². The number of anilines is 1. The van der Waals surface area contributed by atoms with Gasteiger partial charge in [-0.2, -0.15) is 5.26 Å². The SMILES string of the molecule is N#Cc1sc(NC(=O)[C@@H]2CCC[C@H](C(=O)O)C2)nc1-c1cccc(Cl)c1. The van der Waals surface area contributed by atoms with Gasteiger partial charge in [0.15, 0.2) is 5.13 Å². The number of benzene rings is 1. The topological polar surface area (TPSA) is 103 Å². The van der Waals surface area contributed by atoms with Gasteiger partial charge in [0.1, 0.15) is 16.6 Å². The van der Waals surface area contributed by atoms with Gasteiger partial charge >= 0.3 is 5.97 Å². The summed E-state index contributed by atoms with van der Waals surface area (Å²) in [5.41, 5.74) is 1.18. The molecule has 0 bridgehead atoms. The molecule has 0 aliphatic heterocycles. The predicted molar refractivity (Wildman–Crippen MR) is 99.0 cm³/mol. The molecule has 1 fully saturated rings. The van der Waals surface area contributed by atoms with Crippen molar-refractivity contribution in [1.82, 2.24) is 4.98 Å². The number of halogens is 1. The molecule has 3 rings (SSSR count). The fourth-order valence-electron chi connectivity index (χ4n) is 3.14. The fraction of sp³-hybridized carbons (Fsp3) is 0.333. The number of nitrogens with zero attached hydrogens (tertiary/aromatic N) is 2. The molecule has 1 saturated carbocycles. The van der Waals surface area contributed by atoms with Crippen LogP contribution in [0.3, 0.4) is 0 Å². The Hall–Kier alpha value is -2.43. The largest absolute Gasteiger partial charge is 0.481 e. The van der Waals surface area contributed by atoms with Gasteiger partial charge in [-0.05, 0) is 31.4 Å². The first-order valence-corrected chi connectivity index (χ1v) is 9.38. The number of nitriles is 1. The number of carboxylic acids is 1. The first-order chi connectivity index (χ1) is 12.5. The maximum atomic E-state index is 12.5. The molecule has 2 atom stereocenters. The standard InChI is InChI=1S/C18H16ClN3O3S/c19-13-6-2-3-10(8-13)15-14(9-20)26-18(21-15)22-16(23)11-4-1-5-12(7-11)17(24)25/h2-3,6,8,11-12H,1,4-5,7H2,(H,24,25)(H,21,22,23)/t11-,12+/m1/s1. The van der Waals surface area contributed by atoms with Gasteiger partial charge in [-0.15, -0.1) is 0 Å². The van der Waals surface area contributed by atoms with Gasteiger partial charge in [-0.1, -0.05) is 41.5 Å². The predicted octanol–water partition coefficient (Wildman–Crippen LogP) is 4.16. The van der Waals surface area contributed by atoms with Gasteiger partial charge in [0.2, 0.25) is 5.91 Å². The number of carboxylic acid groups (broad SMARTS) is 1. The van der Waals surface area contributed by atoms with Gasteiger partial charge in [0, 0.05) is 16.5 Å². The lowest BCUT2D eigenvalue weighted by Gasteiger charge is -2.25. The highest BCUT2D eigenvalue weighted by atomic mass is 35.5. The molecule has 0 radical (unpaired) electrons. The third-order valence-corrected chi connectivity index (χ3v) is 5.56. The van der Waals surface area contributed by atoms with E-state index < -0.39 is 11.9 Å². The van der Waals surface area contributed by atoms with Gasteiger partial charge in [0.05, 0.1) is 5.92 Å². The smallest absolute Gasteiger partial charge is 0.306 e. The number of thiazole rings is 1. The van der Waals surface area contributed by atoms with Crippen molar-refractivity contribution in [2.45, 2.75) is 25.7 Å². The molecule has 134 valence electrons. The minimum atomic E-state index is -0.855. The summed E-state index contributed by atoms with van der Waals surface area (Å²) in [6.07, 6.45) is 2.31. The molecule has 1 aromatic carbocycles. The van der Waals surface area contributed by atoms with Gasteiger partial charge in [-0.25, -0.2) is 4.98 Å². The second kappa shape index (κ2) is 7.85. The number of hydrogen-bond acceptors (Lipinski definition) is 5.